The maximum atomic E-state index is 6.48. The SMILES string of the molecule is CCCn1c(-c2cnc(-c3cnccn3)c(Cl)c2)nc2cccc(Cl)c21. The van der Waals surface area contributed by atoms with Crippen LogP contribution in [0.25, 0.3) is 33.8 Å². The first kappa shape index (κ1) is 16.9. The molecule has 7 heteroatoms. The molecule has 0 saturated carbocycles. The molecular weight excluding hydrogens is 369 g/mol. The van der Waals surface area contributed by atoms with Crippen LogP contribution in [0.4, 0.5) is 0 Å². The molecular formula is C19H15Cl2N5. The van der Waals surface area contributed by atoms with Crippen molar-refractivity contribution in [3.05, 3.63) is 59.1 Å². The summed E-state index contributed by atoms with van der Waals surface area (Å²) in [5, 5.41) is 1.19. The average Bonchev–Trinajstić information content (AvgIpc) is 3.03. The molecule has 0 saturated heterocycles. The molecule has 26 heavy (non-hydrogen) atoms. The van der Waals surface area contributed by atoms with E-state index in [1.165, 1.54) is 0 Å². The lowest BCUT2D eigenvalue weighted by Crippen LogP contribution is -2.01. The lowest BCUT2D eigenvalue weighted by molar-refractivity contribution is 0.704. The lowest BCUT2D eigenvalue weighted by atomic mass is 10.2. The second kappa shape index (κ2) is 7.02. The highest BCUT2D eigenvalue weighted by Gasteiger charge is 2.16. The molecule has 0 spiro atoms. The summed E-state index contributed by atoms with van der Waals surface area (Å²) in [6, 6.07) is 7.60. The van der Waals surface area contributed by atoms with Gasteiger partial charge in [0.15, 0.2) is 0 Å². The number of imidazole rings is 1. The van der Waals surface area contributed by atoms with Crippen LogP contribution >= 0.6 is 23.2 Å². The Balaban J connectivity index is 1.87. The minimum atomic E-state index is 0.504. The normalized spacial score (nSPS) is 11.2. The van der Waals surface area contributed by atoms with Gasteiger partial charge in [-0.15, -0.1) is 0 Å². The number of nitrogens with zero attached hydrogens (tertiary/aromatic N) is 5. The molecule has 1 aromatic carbocycles. The van der Waals surface area contributed by atoms with Crippen molar-refractivity contribution in [1.82, 2.24) is 24.5 Å². The van der Waals surface area contributed by atoms with Crippen molar-refractivity contribution in [2.24, 2.45) is 0 Å². The molecule has 0 unspecified atom stereocenters. The molecule has 0 radical (unpaired) electrons. The summed E-state index contributed by atoms with van der Waals surface area (Å²) < 4.78 is 2.12. The van der Waals surface area contributed by atoms with Gasteiger partial charge < -0.3 is 4.57 Å². The second-order valence-corrected chi connectivity index (χ2v) is 6.65. The standard InChI is InChI=1S/C19H15Cl2N5/c1-2-8-26-18-13(20)4-3-5-15(18)25-19(26)12-9-14(21)17(24-10-12)16-11-22-6-7-23-16/h3-7,9-11H,2,8H2,1H3. The van der Waals surface area contributed by atoms with Crippen LogP contribution in [0.15, 0.2) is 49.1 Å². The van der Waals surface area contributed by atoms with Gasteiger partial charge in [0.25, 0.3) is 0 Å². The van der Waals surface area contributed by atoms with E-state index in [1.54, 1.807) is 24.8 Å². The van der Waals surface area contributed by atoms with E-state index in [0.717, 1.165) is 35.4 Å². The highest BCUT2D eigenvalue weighted by Crippen LogP contribution is 2.32. The van der Waals surface area contributed by atoms with Crippen LogP contribution in [-0.2, 0) is 6.54 Å². The summed E-state index contributed by atoms with van der Waals surface area (Å²) in [7, 11) is 0. The predicted octanol–water partition coefficient (Wildman–Crippen LogP) is 5.27. The zero-order chi connectivity index (χ0) is 18.1. The summed E-state index contributed by atoms with van der Waals surface area (Å²) in [5.74, 6) is 0.801. The Morgan fingerprint density at radius 3 is 2.65 bits per heavy atom. The fourth-order valence-corrected chi connectivity index (χ4v) is 3.51. The first-order valence-electron chi connectivity index (χ1n) is 8.26. The number of pyridine rings is 1. The largest absolute Gasteiger partial charge is 0.323 e. The number of hydrogen-bond donors (Lipinski definition) is 0. The van der Waals surface area contributed by atoms with Gasteiger partial charge in [-0.1, -0.05) is 36.2 Å². The summed E-state index contributed by atoms with van der Waals surface area (Å²) in [4.78, 5) is 17.6. The fraction of sp³-hybridized carbons (Fsp3) is 0.158. The van der Waals surface area contributed by atoms with Crippen molar-refractivity contribution in [3.8, 4) is 22.8 Å². The Bertz CT molecular complexity index is 1080. The Kier molecular flexibility index (Phi) is 4.57. The van der Waals surface area contributed by atoms with Crippen LogP contribution in [-0.4, -0.2) is 24.5 Å². The van der Waals surface area contributed by atoms with Gasteiger partial charge in [-0.25, -0.2) is 4.98 Å². The van der Waals surface area contributed by atoms with Crippen molar-refractivity contribution in [1.29, 1.82) is 0 Å². The number of benzene rings is 1. The molecule has 0 aliphatic carbocycles. The van der Waals surface area contributed by atoms with E-state index in [2.05, 4.69) is 26.4 Å². The van der Waals surface area contributed by atoms with E-state index < -0.39 is 0 Å². The van der Waals surface area contributed by atoms with E-state index in [4.69, 9.17) is 28.2 Å². The van der Waals surface area contributed by atoms with Crippen LogP contribution in [0.5, 0.6) is 0 Å². The monoisotopic (exact) mass is 383 g/mol. The summed E-state index contributed by atoms with van der Waals surface area (Å²) >= 11 is 12.9. The molecule has 0 aliphatic rings. The van der Waals surface area contributed by atoms with E-state index in [9.17, 15) is 0 Å². The molecule has 5 nitrogen and oxygen atoms in total. The summed E-state index contributed by atoms with van der Waals surface area (Å²) in [5.41, 5.74) is 3.85. The summed E-state index contributed by atoms with van der Waals surface area (Å²) in [6.45, 7) is 2.92. The van der Waals surface area contributed by atoms with Gasteiger partial charge in [0.2, 0.25) is 0 Å². The number of hydrogen-bond acceptors (Lipinski definition) is 4. The molecule has 130 valence electrons. The highest BCUT2D eigenvalue weighted by atomic mass is 35.5. The second-order valence-electron chi connectivity index (χ2n) is 5.84. The molecule has 0 aliphatic heterocycles. The molecule has 0 amide bonds. The molecule has 4 rings (SSSR count). The van der Waals surface area contributed by atoms with Gasteiger partial charge in [0.1, 0.15) is 17.2 Å². The van der Waals surface area contributed by atoms with Crippen LogP contribution in [0.2, 0.25) is 10.0 Å². The smallest absolute Gasteiger partial charge is 0.142 e. The zero-order valence-corrected chi connectivity index (χ0v) is 15.5. The van der Waals surface area contributed by atoms with Crippen molar-refractivity contribution in [2.45, 2.75) is 19.9 Å². The number of fused-ring (bicyclic) bond motifs is 1. The minimum Gasteiger partial charge on any atom is -0.323 e. The third-order valence-corrected chi connectivity index (χ3v) is 4.66. The molecule has 0 fully saturated rings. The van der Waals surface area contributed by atoms with Crippen LogP contribution in [0.1, 0.15) is 13.3 Å². The van der Waals surface area contributed by atoms with Crippen molar-refractivity contribution in [3.63, 3.8) is 0 Å². The van der Waals surface area contributed by atoms with Crippen molar-refractivity contribution in [2.75, 3.05) is 0 Å². The maximum Gasteiger partial charge on any atom is 0.142 e. The van der Waals surface area contributed by atoms with Gasteiger partial charge in [-0.3, -0.25) is 15.0 Å². The number of para-hydroxylation sites is 1. The number of halogens is 2. The topological polar surface area (TPSA) is 56.5 Å². The van der Waals surface area contributed by atoms with Crippen LogP contribution in [0, 0.1) is 0 Å². The average molecular weight is 384 g/mol. The van der Waals surface area contributed by atoms with E-state index in [1.807, 2.05) is 24.3 Å². The fourth-order valence-electron chi connectivity index (χ4n) is 2.97. The quantitative estimate of drug-likeness (QED) is 0.481. The maximum absolute atomic E-state index is 6.48. The molecule has 3 heterocycles. The summed E-state index contributed by atoms with van der Waals surface area (Å²) in [6.07, 6.45) is 7.59. The number of aryl methyl sites for hydroxylation is 1. The Morgan fingerprint density at radius 1 is 1.04 bits per heavy atom. The van der Waals surface area contributed by atoms with Crippen LogP contribution < -0.4 is 0 Å². The third kappa shape index (κ3) is 2.93. The predicted molar refractivity (Wildman–Crippen MR) is 104 cm³/mol. The highest BCUT2D eigenvalue weighted by molar-refractivity contribution is 6.35. The van der Waals surface area contributed by atoms with Gasteiger partial charge in [-0.05, 0) is 24.6 Å². The van der Waals surface area contributed by atoms with Gasteiger partial charge in [0, 0.05) is 30.7 Å². The van der Waals surface area contributed by atoms with Crippen molar-refractivity contribution < 1.29 is 0 Å². The van der Waals surface area contributed by atoms with E-state index >= 15 is 0 Å². The van der Waals surface area contributed by atoms with E-state index in [0.29, 0.717) is 21.4 Å². The molecule has 0 bridgehead atoms. The first-order chi connectivity index (χ1) is 12.7. The molecule has 4 aromatic rings. The molecule has 0 N–H and O–H groups in total. The molecule has 0 atom stereocenters. The van der Waals surface area contributed by atoms with Crippen molar-refractivity contribution >= 4 is 34.2 Å². The number of aromatic nitrogens is 5. The number of rotatable bonds is 4. The van der Waals surface area contributed by atoms with Gasteiger partial charge in [-0.2, -0.15) is 0 Å². The van der Waals surface area contributed by atoms with E-state index in [-0.39, 0.29) is 0 Å². The Hall–Kier alpha value is -2.50. The van der Waals surface area contributed by atoms with Gasteiger partial charge >= 0.3 is 0 Å². The van der Waals surface area contributed by atoms with Crippen LogP contribution in [0.3, 0.4) is 0 Å². The third-order valence-electron chi connectivity index (χ3n) is 4.07. The zero-order valence-electron chi connectivity index (χ0n) is 14.0. The lowest BCUT2D eigenvalue weighted by Gasteiger charge is -2.10. The molecule has 3 aromatic heterocycles. The minimum absolute atomic E-state index is 0.504. The van der Waals surface area contributed by atoms with Gasteiger partial charge in [0.05, 0.1) is 27.3 Å². The Labute approximate surface area is 160 Å². The first-order valence-corrected chi connectivity index (χ1v) is 9.01. The Morgan fingerprint density at radius 2 is 1.92 bits per heavy atom.